The van der Waals surface area contributed by atoms with Gasteiger partial charge in [0, 0.05) is 3.57 Å². The molecule has 1 unspecified atom stereocenters. The molecule has 0 aliphatic carbocycles. The fourth-order valence-corrected chi connectivity index (χ4v) is 2.14. The van der Waals surface area contributed by atoms with Crippen molar-refractivity contribution in [3.8, 4) is 0 Å². The summed E-state index contributed by atoms with van der Waals surface area (Å²) in [4.78, 5) is 0. The lowest BCUT2D eigenvalue weighted by molar-refractivity contribution is 0.0625. The summed E-state index contributed by atoms with van der Waals surface area (Å²) in [6.07, 6.45) is 0.280. The van der Waals surface area contributed by atoms with Gasteiger partial charge in [-0.15, -0.1) is 0 Å². The molecule has 0 saturated heterocycles. The summed E-state index contributed by atoms with van der Waals surface area (Å²) in [5.74, 6) is 0. The average molecular weight is 319 g/mol. The molecule has 0 saturated carbocycles. The highest BCUT2D eigenvalue weighted by molar-refractivity contribution is 14.1. The van der Waals surface area contributed by atoms with E-state index in [1.165, 1.54) is 9.13 Å². The molecule has 0 heterocycles. The Balaban J connectivity index is 2.70. The zero-order valence-electron chi connectivity index (χ0n) is 9.46. The summed E-state index contributed by atoms with van der Waals surface area (Å²) in [6.45, 7) is 4.83. The Labute approximate surface area is 106 Å². The van der Waals surface area contributed by atoms with E-state index >= 15 is 0 Å². The van der Waals surface area contributed by atoms with Crippen LogP contribution in [-0.2, 0) is 4.74 Å². The molecule has 0 fully saturated rings. The molecule has 0 aromatic heterocycles. The number of halogens is 1. The van der Waals surface area contributed by atoms with E-state index in [1.807, 2.05) is 7.05 Å². The van der Waals surface area contributed by atoms with Gasteiger partial charge in [0.1, 0.15) is 0 Å². The molecule has 1 aromatic carbocycles. The number of hydrogen-bond donors (Lipinski definition) is 1. The van der Waals surface area contributed by atoms with E-state index in [9.17, 15) is 0 Å². The first kappa shape index (κ1) is 12.9. The number of ether oxygens (including phenoxy) is 1. The van der Waals surface area contributed by atoms with Gasteiger partial charge in [-0.25, -0.2) is 0 Å². The maximum atomic E-state index is 5.64. The van der Waals surface area contributed by atoms with E-state index in [2.05, 4.69) is 66.0 Å². The summed E-state index contributed by atoms with van der Waals surface area (Å²) >= 11 is 2.36. The quantitative estimate of drug-likeness (QED) is 0.843. The van der Waals surface area contributed by atoms with Crippen molar-refractivity contribution in [1.82, 2.24) is 5.32 Å². The Morgan fingerprint density at radius 1 is 1.33 bits per heavy atom. The highest BCUT2D eigenvalue weighted by atomic mass is 127. The molecule has 0 bridgehead atoms. The van der Waals surface area contributed by atoms with Gasteiger partial charge < -0.3 is 10.1 Å². The van der Waals surface area contributed by atoms with Gasteiger partial charge in [-0.05, 0) is 55.1 Å². The Hall–Kier alpha value is -0.130. The van der Waals surface area contributed by atoms with Gasteiger partial charge in [-0.1, -0.05) is 18.2 Å². The normalized spacial score (nSPS) is 13.1. The van der Waals surface area contributed by atoms with Crippen molar-refractivity contribution in [3.63, 3.8) is 0 Å². The number of hydrogen-bond acceptors (Lipinski definition) is 2. The highest BCUT2D eigenvalue weighted by Crippen LogP contribution is 2.20. The Bertz CT molecular complexity index is 301. The Morgan fingerprint density at radius 2 is 2.00 bits per heavy atom. The molecule has 84 valence electrons. The molecular formula is C12H18INO. The minimum absolute atomic E-state index is 0.278. The first-order valence-electron chi connectivity index (χ1n) is 5.18. The van der Waals surface area contributed by atoms with Crippen molar-refractivity contribution in [2.75, 3.05) is 13.7 Å². The van der Waals surface area contributed by atoms with Gasteiger partial charge in [0.25, 0.3) is 0 Å². The van der Waals surface area contributed by atoms with E-state index in [0.29, 0.717) is 6.61 Å². The molecule has 0 amide bonds. The first-order chi connectivity index (χ1) is 7.15. The Kier molecular flexibility index (Phi) is 5.56. The minimum atomic E-state index is 0.278. The van der Waals surface area contributed by atoms with Gasteiger partial charge in [0.2, 0.25) is 0 Å². The molecule has 0 spiro atoms. The highest BCUT2D eigenvalue weighted by Gasteiger charge is 2.12. The topological polar surface area (TPSA) is 21.3 Å². The van der Waals surface area contributed by atoms with Crippen molar-refractivity contribution in [2.24, 2.45) is 0 Å². The van der Waals surface area contributed by atoms with Gasteiger partial charge in [0.15, 0.2) is 0 Å². The molecular weight excluding hydrogens is 301 g/mol. The van der Waals surface area contributed by atoms with Crippen LogP contribution in [0, 0.1) is 3.57 Å². The van der Waals surface area contributed by atoms with Crippen LogP contribution in [0.1, 0.15) is 25.5 Å². The summed E-state index contributed by atoms with van der Waals surface area (Å²) in [7, 11) is 1.97. The predicted octanol–water partition coefficient (Wildman–Crippen LogP) is 2.98. The maximum absolute atomic E-state index is 5.64. The number of rotatable bonds is 5. The molecule has 0 aliphatic rings. The Morgan fingerprint density at radius 3 is 2.53 bits per heavy atom. The zero-order valence-corrected chi connectivity index (χ0v) is 11.6. The third kappa shape index (κ3) is 4.09. The molecule has 3 heteroatoms. The second-order valence-corrected chi connectivity index (χ2v) is 4.91. The second kappa shape index (κ2) is 6.45. The molecule has 0 radical (unpaired) electrons. The number of likely N-dealkylation sites (N-methyl/N-ethyl adjacent to an activating group) is 1. The smallest absolute Gasteiger partial charge is 0.0665 e. The minimum Gasteiger partial charge on any atom is -0.377 e. The van der Waals surface area contributed by atoms with Crippen molar-refractivity contribution in [1.29, 1.82) is 0 Å². The largest absolute Gasteiger partial charge is 0.377 e. The number of nitrogens with one attached hydrogen (secondary N) is 1. The van der Waals surface area contributed by atoms with Gasteiger partial charge in [-0.2, -0.15) is 0 Å². The van der Waals surface area contributed by atoms with Gasteiger partial charge in [0.05, 0.1) is 18.8 Å². The number of benzene rings is 1. The first-order valence-corrected chi connectivity index (χ1v) is 6.26. The average Bonchev–Trinajstić information content (AvgIpc) is 2.21. The van der Waals surface area contributed by atoms with Crippen LogP contribution in [0.3, 0.4) is 0 Å². The van der Waals surface area contributed by atoms with Crippen LogP contribution in [0.25, 0.3) is 0 Å². The van der Waals surface area contributed by atoms with Crippen LogP contribution in [0.5, 0.6) is 0 Å². The van der Waals surface area contributed by atoms with Crippen molar-refractivity contribution < 1.29 is 4.74 Å². The molecule has 2 nitrogen and oxygen atoms in total. The standard InChI is InChI=1S/C12H18INO/c1-9(2)15-8-12(14-3)10-6-4-5-7-11(10)13/h4-7,9,12,14H,8H2,1-3H3. The van der Waals surface area contributed by atoms with Crippen LogP contribution in [0.4, 0.5) is 0 Å². The molecule has 1 atom stereocenters. The van der Waals surface area contributed by atoms with Gasteiger partial charge in [-0.3, -0.25) is 0 Å². The van der Waals surface area contributed by atoms with E-state index in [0.717, 1.165) is 0 Å². The second-order valence-electron chi connectivity index (χ2n) is 3.74. The maximum Gasteiger partial charge on any atom is 0.0665 e. The van der Waals surface area contributed by atoms with E-state index in [1.54, 1.807) is 0 Å². The van der Waals surface area contributed by atoms with Crippen LogP contribution in [-0.4, -0.2) is 19.8 Å². The predicted molar refractivity (Wildman–Crippen MR) is 72.0 cm³/mol. The van der Waals surface area contributed by atoms with Crippen molar-refractivity contribution in [2.45, 2.75) is 26.0 Å². The van der Waals surface area contributed by atoms with Crippen molar-refractivity contribution >= 4 is 22.6 Å². The zero-order chi connectivity index (χ0) is 11.3. The summed E-state index contributed by atoms with van der Waals surface area (Å²) in [5, 5.41) is 3.28. The monoisotopic (exact) mass is 319 g/mol. The summed E-state index contributed by atoms with van der Waals surface area (Å²) in [5.41, 5.74) is 1.31. The van der Waals surface area contributed by atoms with Crippen LogP contribution >= 0.6 is 22.6 Å². The van der Waals surface area contributed by atoms with E-state index < -0.39 is 0 Å². The summed E-state index contributed by atoms with van der Waals surface area (Å²) < 4.78 is 6.92. The van der Waals surface area contributed by atoms with Gasteiger partial charge >= 0.3 is 0 Å². The lowest BCUT2D eigenvalue weighted by Gasteiger charge is -2.19. The molecule has 1 N–H and O–H groups in total. The fraction of sp³-hybridized carbons (Fsp3) is 0.500. The van der Waals surface area contributed by atoms with Crippen LogP contribution in [0.15, 0.2) is 24.3 Å². The summed E-state index contributed by atoms with van der Waals surface area (Å²) in [6, 6.07) is 8.67. The third-order valence-electron chi connectivity index (χ3n) is 2.23. The van der Waals surface area contributed by atoms with Crippen LogP contribution < -0.4 is 5.32 Å². The molecule has 1 aromatic rings. The lowest BCUT2D eigenvalue weighted by atomic mass is 10.1. The van der Waals surface area contributed by atoms with E-state index in [4.69, 9.17) is 4.74 Å². The van der Waals surface area contributed by atoms with Crippen molar-refractivity contribution in [3.05, 3.63) is 33.4 Å². The van der Waals surface area contributed by atoms with Crippen LogP contribution in [0.2, 0.25) is 0 Å². The SMILES string of the molecule is CNC(COC(C)C)c1ccccc1I. The lowest BCUT2D eigenvalue weighted by Crippen LogP contribution is -2.24. The van der Waals surface area contributed by atoms with E-state index in [-0.39, 0.29) is 12.1 Å². The fourth-order valence-electron chi connectivity index (χ4n) is 1.37. The molecule has 15 heavy (non-hydrogen) atoms. The third-order valence-corrected chi connectivity index (χ3v) is 3.21. The molecule has 0 aliphatic heterocycles. The molecule has 1 rings (SSSR count).